The molecule has 0 N–H and O–H groups in total. The molecule has 4 heteroatoms. The molecule has 0 amide bonds. The monoisotopic (exact) mass is 984 g/mol. The molecule has 2 aliphatic heterocycles. The first-order valence-electron chi connectivity index (χ1n) is 27.5. The van der Waals surface area contributed by atoms with E-state index in [-0.39, 0.29) is 39.2 Å². The quantitative estimate of drug-likeness (QED) is 0.159. The van der Waals surface area contributed by atoms with Crippen LogP contribution in [0.5, 0.6) is 0 Å². The molecule has 0 radical (unpaired) electrons. The minimum absolute atomic E-state index is 0.00933. The fourth-order valence-electron chi connectivity index (χ4n) is 12.2. The lowest BCUT2D eigenvalue weighted by atomic mass is 9.33. The van der Waals surface area contributed by atoms with Crippen LogP contribution in [0.3, 0.4) is 0 Å². The van der Waals surface area contributed by atoms with Crippen LogP contribution in [-0.4, -0.2) is 6.71 Å². The molecule has 0 bridgehead atoms. The van der Waals surface area contributed by atoms with Crippen molar-refractivity contribution in [2.45, 2.75) is 150 Å². The van der Waals surface area contributed by atoms with Crippen molar-refractivity contribution in [2.75, 3.05) is 14.7 Å². The number of rotatable bonds is 5. The summed E-state index contributed by atoms with van der Waals surface area (Å²) < 4.78 is 0. The minimum atomic E-state index is -0.152. The van der Waals surface area contributed by atoms with Gasteiger partial charge in [-0.3, -0.25) is 0 Å². The molecule has 8 aromatic carbocycles. The molecule has 3 nitrogen and oxygen atoms in total. The number of hydrogen-bond donors (Lipinski definition) is 0. The molecule has 1 aliphatic carbocycles. The van der Waals surface area contributed by atoms with Gasteiger partial charge in [0, 0.05) is 56.6 Å². The normalized spacial score (nSPS) is 14.8. The molecule has 0 unspecified atom stereocenters. The molecule has 0 spiro atoms. The maximum atomic E-state index is 2.64. The number of hydrogen-bond acceptors (Lipinski definition) is 3. The highest BCUT2D eigenvalue weighted by atomic mass is 15.2. The standard InChI is InChI=1S/C71H78BN3/c1-66(2,3)45-22-29-50(30-23-45)73(51-31-24-46(25-32-51)67(4,5)6)54-36-39-60-62(44-54)74(52-33-26-47(27-34-52)68(7,8)9)63-41-49(70(13,14)15)42-64-65(63)72(60)59-38-28-48(69(10,11)12)40-61(59)75(64)53-35-37-56-55-20-18-19-21-57(55)71(16,17)58(56)43-53/h18-44H,1-17H3. The van der Waals surface area contributed by atoms with E-state index in [1.807, 2.05) is 0 Å². The van der Waals surface area contributed by atoms with Gasteiger partial charge in [-0.2, -0.15) is 0 Å². The molecular weight excluding hydrogens is 906 g/mol. The Morgan fingerprint density at radius 3 is 1.27 bits per heavy atom. The molecule has 3 aliphatic rings. The third-order valence-corrected chi connectivity index (χ3v) is 16.8. The van der Waals surface area contributed by atoms with Crippen molar-refractivity contribution < 1.29 is 0 Å². The highest BCUT2D eigenvalue weighted by Crippen LogP contribution is 2.53. The van der Waals surface area contributed by atoms with E-state index < -0.39 is 0 Å². The zero-order chi connectivity index (χ0) is 53.5. The van der Waals surface area contributed by atoms with Crippen molar-refractivity contribution in [2.24, 2.45) is 0 Å². The number of anilines is 9. The first-order chi connectivity index (χ1) is 35.1. The van der Waals surface area contributed by atoms with Gasteiger partial charge in [0.25, 0.3) is 6.71 Å². The lowest BCUT2D eigenvalue weighted by Crippen LogP contribution is -2.61. The van der Waals surface area contributed by atoms with Crippen molar-refractivity contribution >= 4 is 74.3 Å². The fourth-order valence-corrected chi connectivity index (χ4v) is 12.2. The van der Waals surface area contributed by atoms with Crippen LogP contribution >= 0.6 is 0 Å². The van der Waals surface area contributed by atoms with E-state index in [0.717, 1.165) is 22.7 Å². The van der Waals surface area contributed by atoms with Crippen LogP contribution in [-0.2, 0) is 32.5 Å². The average molecular weight is 984 g/mol. The SMILES string of the molecule is CC(C)(C)c1ccc(N(c2ccc(C(C)(C)C)cc2)c2ccc3c(c2)N(c2ccc(C(C)(C)C)cc2)c2cc(C(C)(C)C)cc4c2B3c2ccc(C(C)(C)C)cc2N4c2ccc3c(c2)C(C)(C)c2ccccc2-3)cc1. The Hall–Kier alpha value is -6.78. The second-order valence-electron chi connectivity index (χ2n) is 27.7. The molecule has 0 atom stereocenters. The van der Waals surface area contributed by atoms with Gasteiger partial charge in [-0.15, -0.1) is 0 Å². The van der Waals surface area contributed by atoms with Crippen molar-refractivity contribution in [3.05, 3.63) is 203 Å². The zero-order valence-electron chi connectivity index (χ0n) is 48.0. The highest BCUT2D eigenvalue weighted by Gasteiger charge is 2.46. The molecule has 0 fully saturated rings. The van der Waals surface area contributed by atoms with Gasteiger partial charge < -0.3 is 14.7 Å². The molecule has 11 rings (SSSR count). The summed E-state index contributed by atoms with van der Waals surface area (Å²) in [5.41, 5.74) is 26.4. The fraction of sp³-hybridized carbons (Fsp3) is 0.324. The molecule has 0 saturated heterocycles. The maximum absolute atomic E-state index is 2.64. The Balaban J connectivity index is 1.20. The summed E-state index contributed by atoms with van der Waals surface area (Å²) in [4.78, 5) is 7.71. The largest absolute Gasteiger partial charge is 0.311 e. The van der Waals surface area contributed by atoms with E-state index in [0.29, 0.717) is 0 Å². The van der Waals surface area contributed by atoms with Crippen LogP contribution in [0.4, 0.5) is 51.2 Å². The molecule has 75 heavy (non-hydrogen) atoms. The summed E-state index contributed by atoms with van der Waals surface area (Å²) >= 11 is 0. The number of benzene rings is 8. The smallest absolute Gasteiger partial charge is 0.252 e. The summed E-state index contributed by atoms with van der Waals surface area (Å²) in [6, 6.07) is 64.1. The molecule has 380 valence electrons. The van der Waals surface area contributed by atoms with Crippen LogP contribution in [0.1, 0.15) is 157 Å². The Bertz CT molecular complexity index is 3470. The van der Waals surface area contributed by atoms with E-state index in [9.17, 15) is 0 Å². The molecule has 2 heterocycles. The van der Waals surface area contributed by atoms with Crippen molar-refractivity contribution in [3.8, 4) is 11.1 Å². The Morgan fingerprint density at radius 1 is 0.347 bits per heavy atom. The predicted octanol–water partition coefficient (Wildman–Crippen LogP) is 18.0. The maximum Gasteiger partial charge on any atom is 0.252 e. The predicted molar refractivity (Wildman–Crippen MR) is 326 cm³/mol. The van der Waals surface area contributed by atoms with E-state index in [2.05, 4.69) is 296 Å². The third kappa shape index (κ3) is 8.52. The van der Waals surface area contributed by atoms with Gasteiger partial charge in [-0.1, -0.05) is 203 Å². The highest BCUT2D eigenvalue weighted by molar-refractivity contribution is 7.00. The van der Waals surface area contributed by atoms with Crippen LogP contribution in [0.2, 0.25) is 0 Å². The average Bonchev–Trinajstić information content (AvgIpc) is 3.61. The summed E-state index contributed by atoms with van der Waals surface area (Å²) in [6.07, 6.45) is 0. The molecule has 0 saturated carbocycles. The van der Waals surface area contributed by atoms with E-state index in [1.165, 1.54) is 94.9 Å². The number of fused-ring (bicyclic) bond motifs is 7. The summed E-state index contributed by atoms with van der Waals surface area (Å²) in [7, 11) is 0. The van der Waals surface area contributed by atoms with Crippen molar-refractivity contribution in [1.82, 2.24) is 0 Å². The van der Waals surface area contributed by atoms with Crippen LogP contribution in [0, 0.1) is 0 Å². The van der Waals surface area contributed by atoms with Gasteiger partial charge in [-0.25, -0.2) is 0 Å². The van der Waals surface area contributed by atoms with Crippen LogP contribution < -0.4 is 31.1 Å². The first kappa shape index (κ1) is 50.4. The molecule has 8 aromatic rings. The third-order valence-electron chi connectivity index (χ3n) is 16.8. The minimum Gasteiger partial charge on any atom is -0.311 e. The van der Waals surface area contributed by atoms with Crippen LogP contribution in [0.25, 0.3) is 11.1 Å². The topological polar surface area (TPSA) is 9.72 Å². The van der Waals surface area contributed by atoms with Gasteiger partial charge in [-0.05, 0) is 172 Å². The van der Waals surface area contributed by atoms with E-state index in [4.69, 9.17) is 0 Å². The Labute approximate surface area is 450 Å². The number of nitrogens with zero attached hydrogens (tertiary/aromatic N) is 3. The van der Waals surface area contributed by atoms with Crippen LogP contribution in [0.15, 0.2) is 164 Å². The Morgan fingerprint density at radius 2 is 0.747 bits per heavy atom. The van der Waals surface area contributed by atoms with Crippen molar-refractivity contribution in [1.29, 1.82) is 0 Å². The molecule has 0 aromatic heterocycles. The van der Waals surface area contributed by atoms with Gasteiger partial charge >= 0.3 is 0 Å². The van der Waals surface area contributed by atoms with Gasteiger partial charge in [0.05, 0.1) is 0 Å². The lowest BCUT2D eigenvalue weighted by Gasteiger charge is -2.46. The lowest BCUT2D eigenvalue weighted by molar-refractivity contribution is 0.589. The summed E-state index contributed by atoms with van der Waals surface area (Å²) in [5.74, 6) is 0. The summed E-state index contributed by atoms with van der Waals surface area (Å²) in [6.45, 7) is 39.6. The zero-order valence-corrected chi connectivity index (χ0v) is 48.0. The van der Waals surface area contributed by atoms with Gasteiger partial charge in [0.15, 0.2) is 0 Å². The van der Waals surface area contributed by atoms with Gasteiger partial charge in [0.1, 0.15) is 0 Å². The summed E-state index contributed by atoms with van der Waals surface area (Å²) in [5, 5.41) is 0. The van der Waals surface area contributed by atoms with Crippen molar-refractivity contribution in [3.63, 3.8) is 0 Å². The van der Waals surface area contributed by atoms with Gasteiger partial charge in [0.2, 0.25) is 0 Å². The first-order valence-corrected chi connectivity index (χ1v) is 27.5. The Kier molecular flexibility index (Phi) is 11.5. The van der Waals surface area contributed by atoms with E-state index >= 15 is 0 Å². The second kappa shape index (κ2) is 17.1. The second-order valence-corrected chi connectivity index (χ2v) is 27.7. The van der Waals surface area contributed by atoms with E-state index in [1.54, 1.807) is 0 Å². The molecular formula is C71H78BN3.